The molecule has 0 rings (SSSR count). The second-order valence-corrected chi connectivity index (χ2v) is 5.32. The van der Waals surface area contributed by atoms with E-state index in [4.69, 9.17) is 17.5 Å². The van der Waals surface area contributed by atoms with Crippen LogP contribution in [0.15, 0.2) is 0 Å². The standard InChI is InChI=1S/C10H22O.H2O4S/c1-4-5-6-7-8-9-10(2,3)11;1-5(2,3)4/h11H,4-9H2,1-3H3;(H2,1,2,3,4). The summed E-state index contributed by atoms with van der Waals surface area (Å²) in [4.78, 5) is 0. The molecule has 0 aliphatic carbocycles. The van der Waals surface area contributed by atoms with E-state index in [2.05, 4.69) is 6.92 Å². The fourth-order valence-electron chi connectivity index (χ4n) is 1.16. The van der Waals surface area contributed by atoms with Gasteiger partial charge in [-0.05, 0) is 20.3 Å². The van der Waals surface area contributed by atoms with Crippen molar-refractivity contribution < 1.29 is 22.6 Å². The van der Waals surface area contributed by atoms with E-state index in [1.807, 2.05) is 13.8 Å². The lowest BCUT2D eigenvalue weighted by Gasteiger charge is -2.16. The Bertz CT molecular complexity index is 232. The van der Waals surface area contributed by atoms with Gasteiger partial charge in [0.15, 0.2) is 0 Å². The Morgan fingerprint density at radius 1 is 1.00 bits per heavy atom. The number of hydrogen-bond acceptors (Lipinski definition) is 3. The second kappa shape index (κ2) is 8.92. The van der Waals surface area contributed by atoms with Gasteiger partial charge in [-0.1, -0.05) is 39.0 Å². The van der Waals surface area contributed by atoms with Gasteiger partial charge in [0, 0.05) is 0 Å². The molecule has 3 N–H and O–H groups in total. The van der Waals surface area contributed by atoms with Gasteiger partial charge >= 0.3 is 10.4 Å². The van der Waals surface area contributed by atoms with Gasteiger partial charge in [0.25, 0.3) is 0 Å². The van der Waals surface area contributed by atoms with Gasteiger partial charge in [0.2, 0.25) is 0 Å². The Labute approximate surface area is 98.5 Å². The molecule has 0 aromatic rings. The highest BCUT2D eigenvalue weighted by atomic mass is 32.3. The van der Waals surface area contributed by atoms with Crippen molar-refractivity contribution in [1.82, 2.24) is 0 Å². The van der Waals surface area contributed by atoms with Crippen LogP contribution in [0.3, 0.4) is 0 Å². The molecule has 100 valence electrons. The Balaban J connectivity index is 0. The topological polar surface area (TPSA) is 94.8 Å². The molecule has 5 nitrogen and oxygen atoms in total. The zero-order chi connectivity index (χ0) is 13.2. The fourth-order valence-corrected chi connectivity index (χ4v) is 1.16. The van der Waals surface area contributed by atoms with Crippen molar-refractivity contribution >= 4 is 10.4 Å². The van der Waals surface area contributed by atoms with Crippen LogP contribution in [0, 0.1) is 0 Å². The van der Waals surface area contributed by atoms with Crippen LogP contribution in [0.4, 0.5) is 0 Å². The SMILES string of the molecule is CCCCCCCC(C)(C)O.O=S(=O)(O)O. The lowest BCUT2D eigenvalue weighted by atomic mass is 10.0. The zero-order valence-electron chi connectivity index (χ0n) is 10.3. The third kappa shape index (κ3) is 37.1. The molecule has 0 spiro atoms. The molecule has 0 radical (unpaired) electrons. The maximum atomic E-state index is 9.37. The highest BCUT2D eigenvalue weighted by Crippen LogP contribution is 2.13. The maximum Gasteiger partial charge on any atom is 0.394 e. The lowest BCUT2D eigenvalue weighted by Crippen LogP contribution is -2.17. The summed E-state index contributed by atoms with van der Waals surface area (Å²) in [6, 6.07) is 0. The van der Waals surface area contributed by atoms with E-state index in [-0.39, 0.29) is 0 Å². The van der Waals surface area contributed by atoms with Gasteiger partial charge in [0.05, 0.1) is 5.60 Å². The molecule has 0 unspecified atom stereocenters. The summed E-state index contributed by atoms with van der Waals surface area (Å²) >= 11 is 0. The molecule has 0 fully saturated rings. The summed E-state index contributed by atoms with van der Waals surface area (Å²) < 4.78 is 31.6. The normalized spacial score (nSPS) is 11.9. The summed E-state index contributed by atoms with van der Waals surface area (Å²) in [7, 11) is -4.67. The average Bonchev–Trinajstić information content (AvgIpc) is 1.98. The molecular weight excluding hydrogens is 232 g/mol. The fraction of sp³-hybridized carbons (Fsp3) is 1.00. The maximum absolute atomic E-state index is 9.37. The highest BCUT2D eigenvalue weighted by molar-refractivity contribution is 7.79. The van der Waals surface area contributed by atoms with Crippen LogP contribution in [0.2, 0.25) is 0 Å². The minimum atomic E-state index is -4.67. The van der Waals surface area contributed by atoms with Crippen molar-refractivity contribution in [2.24, 2.45) is 0 Å². The van der Waals surface area contributed by atoms with Gasteiger partial charge in [-0.3, -0.25) is 9.11 Å². The van der Waals surface area contributed by atoms with E-state index in [9.17, 15) is 5.11 Å². The summed E-state index contributed by atoms with van der Waals surface area (Å²) in [5, 5.41) is 9.37. The largest absolute Gasteiger partial charge is 0.394 e. The first-order valence-electron chi connectivity index (χ1n) is 5.48. The van der Waals surface area contributed by atoms with Crippen molar-refractivity contribution in [2.45, 2.75) is 64.9 Å². The monoisotopic (exact) mass is 256 g/mol. The Morgan fingerprint density at radius 2 is 1.38 bits per heavy atom. The minimum absolute atomic E-state index is 0.452. The molecule has 16 heavy (non-hydrogen) atoms. The van der Waals surface area contributed by atoms with Crippen molar-refractivity contribution in [3.05, 3.63) is 0 Å². The van der Waals surface area contributed by atoms with Crippen LogP contribution in [0.25, 0.3) is 0 Å². The van der Waals surface area contributed by atoms with Gasteiger partial charge in [-0.2, -0.15) is 8.42 Å². The van der Waals surface area contributed by atoms with Crippen LogP contribution in [0.1, 0.15) is 59.3 Å². The third-order valence-corrected chi connectivity index (χ3v) is 1.89. The molecule has 0 aliphatic heterocycles. The number of rotatable bonds is 6. The third-order valence-electron chi connectivity index (χ3n) is 1.89. The number of hydrogen-bond donors (Lipinski definition) is 3. The quantitative estimate of drug-likeness (QED) is 0.501. The molecule has 0 aromatic heterocycles. The van der Waals surface area contributed by atoms with Crippen molar-refractivity contribution in [1.29, 1.82) is 0 Å². The van der Waals surface area contributed by atoms with Crippen LogP contribution < -0.4 is 0 Å². The molecule has 0 atom stereocenters. The number of unbranched alkanes of at least 4 members (excludes halogenated alkanes) is 4. The van der Waals surface area contributed by atoms with E-state index in [0.29, 0.717) is 0 Å². The minimum Gasteiger partial charge on any atom is -0.390 e. The van der Waals surface area contributed by atoms with Gasteiger partial charge in [-0.25, -0.2) is 0 Å². The van der Waals surface area contributed by atoms with Crippen LogP contribution in [-0.2, 0) is 10.4 Å². The van der Waals surface area contributed by atoms with E-state index in [0.717, 1.165) is 6.42 Å². The summed E-state index contributed by atoms with van der Waals surface area (Å²) in [5.74, 6) is 0. The highest BCUT2D eigenvalue weighted by Gasteiger charge is 2.10. The van der Waals surface area contributed by atoms with E-state index < -0.39 is 16.0 Å². The Morgan fingerprint density at radius 3 is 1.69 bits per heavy atom. The molecule has 0 amide bonds. The Hall–Kier alpha value is -0.170. The second-order valence-electron chi connectivity index (χ2n) is 4.42. The van der Waals surface area contributed by atoms with E-state index in [1.54, 1.807) is 0 Å². The first kappa shape index (κ1) is 18.2. The molecule has 0 saturated heterocycles. The van der Waals surface area contributed by atoms with Crippen LogP contribution in [0.5, 0.6) is 0 Å². The molecule has 0 saturated carbocycles. The molecule has 6 heteroatoms. The predicted octanol–water partition coefficient (Wildman–Crippen LogP) is 2.47. The average molecular weight is 256 g/mol. The van der Waals surface area contributed by atoms with Gasteiger partial charge in [-0.15, -0.1) is 0 Å². The van der Waals surface area contributed by atoms with Gasteiger partial charge in [0.1, 0.15) is 0 Å². The van der Waals surface area contributed by atoms with E-state index >= 15 is 0 Å². The molecule has 0 aromatic carbocycles. The first-order chi connectivity index (χ1) is 7.06. The van der Waals surface area contributed by atoms with Crippen LogP contribution >= 0.6 is 0 Å². The summed E-state index contributed by atoms with van der Waals surface area (Å²) in [6.45, 7) is 5.98. The van der Waals surface area contributed by atoms with Crippen molar-refractivity contribution in [3.63, 3.8) is 0 Å². The molecular formula is C10H24O5S. The van der Waals surface area contributed by atoms with Crippen molar-refractivity contribution in [2.75, 3.05) is 0 Å². The Kier molecular flexibility index (Phi) is 10.2. The predicted molar refractivity (Wildman–Crippen MR) is 63.9 cm³/mol. The van der Waals surface area contributed by atoms with Gasteiger partial charge < -0.3 is 5.11 Å². The lowest BCUT2D eigenvalue weighted by molar-refractivity contribution is 0.0680. The molecule has 0 aliphatic rings. The summed E-state index contributed by atoms with van der Waals surface area (Å²) in [6.07, 6.45) is 7.35. The number of aliphatic hydroxyl groups is 1. The smallest absolute Gasteiger partial charge is 0.390 e. The molecule has 0 heterocycles. The van der Waals surface area contributed by atoms with Crippen LogP contribution in [-0.4, -0.2) is 28.2 Å². The molecule has 0 bridgehead atoms. The summed E-state index contributed by atoms with van der Waals surface area (Å²) in [5.41, 5.74) is -0.452. The first-order valence-corrected chi connectivity index (χ1v) is 6.88. The van der Waals surface area contributed by atoms with E-state index in [1.165, 1.54) is 32.1 Å². The van der Waals surface area contributed by atoms with Crippen molar-refractivity contribution in [3.8, 4) is 0 Å². The zero-order valence-corrected chi connectivity index (χ0v) is 11.1.